The van der Waals surface area contributed by atoms with Crippen LogP contribution in [0.2, 0.25) is 0 Å². The number of nitrogens with two attached hydrogens (primary N) is 1. The monoisotopic (exact) mass is 276 g/mol. The molecule has 1 heterocycles. The van der Waals surface area contributed by atoms with Crippen molar-refractivity contribution in [3.05, 3.63) is 29.8 Å². The van der Waals surface area contributed by atoms with Gasteiger partial charge in [0, 0.05) is 24.8 Å². The van der Waals surface area contributed by atoms with E-state index < -0.39 is 5.41 Å². The van der Waals surface area contributed by atoms with Gasteiger partial charge in [-0.25, -0.2) is 0 Å². The lowest BCUT2D eigenvalue weighted by Gasteiger charge is -2.25. The highest BCUT2D eigenvalue weighted by Crippen LogP contribution is 2.25. The molecular formula is C16H24N2O2. The molecule has 1 aromatic rings. The summed E-state index contributed by atoms with van der Waals surface area (Å²) in [5.74, 6) is 0.461. The van der Waals surface area contributed by atoms with Crippen LogP contribution in [0.3, 0.4) is 0 Å². The molecule has 1 amide bonds. The van der Waals surface area contributed by atoms with Crippen LogP contribution in [0, 0.1) is 5.92 Å². The maximum atomic E-state index is 12.4. The number of nitrogens with one attached hydrogen (secondary N) is 1. The second-order valence-electron chi connectivity index (χ2n) is 6.08. The molecule has 2 atom stereocenters. The van der Waals surface area contributed by atoms with Crippen molar-refractivity contribution >= 4 is 11.6 Å². The van der Waals surface area contributed by atoms with E-state index in [0.29, 0.717) is 18.2 Å². The molecule has 0 aromatic heterocycles. The zero-order valence-electron chi connectivity index (χ0n) is 12.5. The summed E-state index contributed by atoms with van der Waals surface area (Å²) in [7, 11) is 0. The molecule has 1 aromatic carbocycles. The van der Waals surface area contributed by atoms with Crippen LogP contribution in [-0.4, -0.2) is 25.2 Å². The van der Waals surface area contributed by atoms with Crippen LogP contribution < -0.4 is 11.1 Å². The molecule has 0 radical (unpaired) electrons. The van der Waals surface area contributed by atoms with Crippen LogP contribution in [0.1, 0.15) is 32.8 Å². The zero-order chi connectivity index (χ0) is 14.8. The molecule has 1 saturated heterocycles. The Kier molecular flexibility index (Phi) is 4.33. The van der Waals surface area contributed by atoms with E-state index in [2.05, 4.69) is 12.2 Å². The number of amides is 1. The van der Waals surface area contributed by atoms with E-state index in [1.165, 1.54) is 0 Å². The molecule has 0 saturated carbocycles. The molecule has 0 aliphatic carbocycles. The summed E-state index contributed by atoms with van der Waals surface area (Å²) in [5.41, 5.74) is 6.81. The summed E-state index contributed by atoms with van der Waals surface area (Å²) in [6.45, 7) is 7.40. The lowest BCUT2D eigenvalue weighted by atomic mass is 9.83. The summed E-state index contributed by atoms with van der Waals surface area (Å²) in [4.78, 5) is 12.4. The summed E-state index contributed by atoms with van der Waals surface area (Å²) in [6.07, 6.45) is 1.25. The van der Waals surface area contributed by atoms with E-state index in [0.717, 1.165) is 18.6 Å². The van der Waals surface area contributed by atoms with Crippen molar-refractivity contribution < 1.29 is 9.53 Å². The van der Waals surface area contributed by atoms with Crippen molar-refractivity contribution in [3.8, 4) is 0 Å². The molecule has 110 valence electrons. The predicted octanol–water partition coefficient (Wildman–Crippen LogP) is 2.09. The fourth-order valence-electron chi connectivity index (χ4n) is 2.52. The molecule has 1 aliphatic rings. The van der Waals surface area contributed by atoms with Gasteiger partial charge in [0.2, 0.25) is 5.91 Å². The molecule has 20 heavy (non-hydrogen) atoms. The summed E-state index contributed by atoms with van der Waals surface area (Å²) in [6, 6.07) is 7.49. The normalized spacial score (nSPS) is 22.8. The van der Waals surface area contributed by atoms with Gasteiger partial charge in [0.1, 0.15) is 0 Å². The van der Waals surface area contributed by atoms with E-state index in [4.69, 9.17) is 10.5 Å². The highest BCUT2D eigenvalue weighted by molar-refractivity contribution is 5.87. The Morgan fingerprint density at radius 3 is 2.60 bits per heavy atom. The average molecular weight is 276 g/mol. The molecule has 3 N–H and O–H groups in total. The second-order valence-corrected chi connectivity index (χ2v) is 6.08. The minimum Gasteiger partial charge on any atom is -0.399 e. The number of hydrogen-bond acceptors (Lipinski definition) is 3. The number of carbonyl (C=O) groups excluding carboxylic acids is 1. The molecule has 2 unspecified atom stereocenters. The van der Waals surface area contributed by atoms with E-state index in [1.807, 2.05) is 38.1 Å². The summed E-state index contributed by atoms with van der Waals surface area (Å²) < 4.78 is 5.52. The predicted molar refractivity (Wildman–Crippen MR) is 80.4 cm³/mol. The van der Waals surface area contributed by atoms with Crippen molar-refractivity contribution in [2.75, 3.05) is 18.9 Å². The summed E-state index contributed by atoms with van der Waals surface area (Å²) >= 11 is 0. The Hall–Kier alpha value is -1.55. The maximum Gasteiger partial charge on any atom is 0.230 e. The molecule has 1 aliphatic heterocycles. The first-order valence-electron chi connectivity index (χ1n) is 7.17. The number of benzene rings is 1. The highest BCUT2D eigenvalue weighted by atomic mass is 16.5. The van der Waals surface area contributed by atoms with Crippen molar-refractivity contribution in [2.45, 2.75) is 38.7 Å². The van der Waals surface area contributed by atoms with E-state index in [1.54, 1.807) is 0 Å². The number of ether oxygens (including phenoxy) is 1. The van der Waals surface area contributed by atoms with E-state index in [9.17, 15) is 4.79 Å². The number of anilines is 1. The molecule has 0 bridgehead atoms. The zero-order valence-corrected chi connectivity index (χ0v) is 12.5. The van der Waals surface area contributed by atoms with Crippen LogP contribution in [0.5, 0.6) is 0 Å². The van der Waals surface area contributed by atoms with Crippen molar-refractivity contribution in [2.24, 2.45) is 5.92 Å². The molecule has 4 nitrogen and oxygen atoms in total. The first-order chi connectivity index (χ1) is 9.41. The number of nitrogen functional groups attached to an aromatic ring is 1. The summed E-state index contributed by atoms with van der Waals surface area (Å²) in [5, 5.41) is 3.06. The SMILES string of the molecule is CC1OCCC1CNC(=O)C(C)(C)c1ccc(N)cc1. The minimum atomic E-state index is -0.559. The maximum absolute atomic E-state index is 12.4. The third-order valence-corrected chi connectivity index (χ3v) is 4.26. The first kappa shape index (κ1) is 14.9. The largest absolute Gasteiger partial charge is 0.399 e. The van der Waals surface area contributed by atoms with Crippen LogP contribution in [0.15, 0.2) is 24.3 Å². The highest BCUT2D eigenvalue weighted by Gasteiger charge is 2.31. The van der Waals surface area contributed by atoms with Gasteiger partial charge in [-0.1, -0.05) is 12.1 Å². The fourth-order valence-corrected chi connectivity index (χ4v) is 2.52. The van der Waals surface area contributed by atoms with Gasteiger partial charge in [-0.2, -0.15) is 0 Å². The molecular weight excluding hydrogens is 252 g/mol. The van der Waals surface area contributed by atoms with E-state index in [-0.39, 0.29) is 12.0 Å². The van der Waals surface area contributed by atoms with Crippen molar-refractivity contribution in [1.29, 1.82) is 0 Å². The number of carbonyl (C=O) groups is 1. The Balaban J connectivity index is 1.98. The van der Waals surface area contributed by atoms with Gasteiger partial charge >= 0.3 is 0 Å². The molecule has 2 rings (SSSR count). The third-order valence-electron chi connectivity index (χ3n) is 4.26. The lowest BCUT2D eigenvalue weighted by Crippen LogP contribution is -2.42. The quantitative estimate of drug-likeness (QED) is 0.828. The van der Waals surface area contributed by atoms with Crippen LogP contribution in [-0.2, 0) is 14.9 Å². The first-order valence-corrected chi connectivity index (χ1v) is 7.17. The van der Waals surface area contributed by atoms with Gasteiger partial charge in [-0.05, 0) is 44.9 Å². The van der Waals surface area contributed by atoms with E-state index >= 15 is 0 Å². The number of hydrogen-bond donors (Lipinski definition) is 2. The molecule has 1 fully saturated rings. The Labute approximate surface area is 120 Å². The Bertz CT molecular complexity index is 468. The van der Waals surface area contributed by atoms with Crippen molar-refractivity contribution in [3.63, 3.8) is 0 Å². The average Bonchev–Trinajstić information content (AvgIpc) is 2.82. The number of rotatable bonds is 4. The lowest BCUT2D eigenvalue weighted by molar-refractivity contribution is -0.125. The molecule has 4 heteroatoms. The third kappa shape index (κ3) is 3.12. The van der Waals surface area contributed by atoms with Crippen LogP contribution in [0.25, 0.3) is 0 Å². The van der Waals surface area contributed by atoms with Gasteiger partial charge < -0.3 is 15.8 Å². The topological polar surface area (TPSA) is 64.3 Å². The van der Waals surface area contributed by atoms with Gasteiger partial charge in [0.25, 0.3) is 0 Å². The second kappa shape index (κ2) is 5.83. The smallest absolute Gasteiger partial charge is 0.230 e. The van der Waals surface area contributed by atoms with Gasteiger partial charge in [-0.15, -0.1) is 0 Å². The minimum absolute atomic E-state index is 0.0429. The fraction of sp³-hybridized carbons (Fsp3) is 0.562. The Morgan fingerprint density at radius 1 is 1.40 bits per heavy atom. The molecule has 0 spiro atoms. The van der Waals surface area contributed by atoms with Gasteiger partial charge in [0.15, 0.2) is 0 Å². The van der Waals surface area contributed by atoms with Gasteiger partial charge in [-0.3, -0.25) is 4.79 Å². The standard InChI is InChI=1S/C16H24N2O2/c1-11-12(8-9-20-11)10-18-15(19)16(2,3)13-4-6-14(17)7-5-13/h4-7,11-12H,8-10,17H2,1-3H3,(H,18,19). The van der Waals surface area contributed by atoms with Gasteiger partial charge in [0.05, 0.1) is 11.5 Å². The Morgan fingerprint density at radius 2 is 2.05 bits per heavy atom. The van der Waals surface area contributed by atoms with Crippen LogP contribution in [0.4, 0.5) is 5.69 Å². The van der Waals surface area contributed by atoms with Crippen molar-refractivity contribution in [1.82, 2.24) is 5.32 Å². The van der Waals surface area contributed by atoms with Crippen LogP contribution >= 0.6 is 0 Å².